The molecule has 0 spiro atoms. The van der Waals surface area contributed by atoms with Gasteiger partial charge >= 0.3 is 0 Å². The molecule has 1 amide bonds. The largest absolute Gasteiger partial charge is 0.480 e. The van der Waals surface area contributed by atoms with E-state index in [-0.39, 0.29) is 5.91 Å². The Morgan fingerprint density at radius 2 is 2.00 bits per heavy atom. The first-order valence-corrected chi connectivity index (χ1v) is 6.95. The Hall–Kier alpha value is -1.51. The van der Waals surface area contributed by atoms with Gasteiger partial charge in [0.25, 0.3) is 5.91 Å². The van der Waals surface area contributed by atoms with Crippen molar-refractivity contribution in [2.24, 2.45) is 5.92 Å². The number of ether oxygens (including phenoxy) is 1. The molecule has 0 bridgehead atoms. The van der Waals surface area contributed by atoms with Crippen molar-refractivity contribution in [1.82, 2.24) is 5.32 Å². The van der Waals surface area contributed by atoms with E-state index >= 15 is 0 Å². The second-order valence-electron chi connectivity index (χ2n) is 5.42. The van der Waals surface area contributed by atoms with Crippen molar-refractivity contribution < 1.29 is 9.53 Å². The topological polar surface area (TPSA) is 38.3 Å². The van der Waals surface area contributed by atoms with Gasteiger partial charge in [-0.1, -0.05) is 32.9 Å². The summed E-state index contributed by atoms with van der Waals surface area (Å²) >= 11 is 0. The van der Waals surface area contributed by atoms with Crippen LogP contribution in [0, 0.1) is 19.8 Å². The smallest absolute Gasteiger partial charge is 0.261 e. The number of hydrogen-bond donors (Lipinski definition) is 1. The van der Waals surface area contributed by atoms with Crippen LogP contribution in [0.1, 0.15) is 38.3 Å². The SMILES string of the molecule is CC[C@@H](Oc1cc(C)ccc1C)C(=O)NCC(C)C. The van der Waals surface area contributed by atoms with Gasteiger partial charge in [0, 0.05) is 6.54 Å². The van der Waals surface area contributed by atoms with Gasteiger partial charge in [0.2, 0.25) is 0 Å². The maximum absolute atomic E-state index is 12.0. The summed E-state index contributed by atoms with van der Waals surface area (Å²) in [6.45, 7) is 10.8. The van der Waals surface area contributed by atoms with Crippen LogP contribution in [0.2, 0.25) is 0 Å². The molecule has 0 saturated carbocycles. The van der Waals surface area contributed by atoms with Crippen LogP contribution in [0.15, 0.2) is 18.2 Å². The average Bonchev–Trinajstić information content (AvgIpc) is 2.36. The van der Waals surface area contributed by atoms with Gasteiger partial charge in [-0.05, 0) is 43.4 Å². The van der Waals surface area contributed by atoms with Gasteiger partial charge < -0.3 is 10.1 Å². The highest BCUT2D eigenvalue weighted by molar-refractivity contribution is 5.81. The molecule has 1 aromatic carbocycles. The molecule has 0 aromatic heterocycles. The van der Waals surface area contributed by atoms with Crippen LogP contribution in [0.4, 0.5) is 0 Å². The van der Waals surface area contributed by atoms with Crippen molar-refractivity contribution >= 4 is 5.91 Å². The van der Waals surface area contributed by atoms with Crippen molar-refractivity contribution in [3.05, 3.63) is 29.3 Å². The van der Waals surface area contributed by atoms with Crippen LogP contribution in [-0.4, -0.2) is 18.6 Å². The van der Waals surface area contributed by atoms with Crippen LogP contribution in [0.3, 0.4) is 0 Å². The zero-order valence-electron chi connectivity index (χ0n) is 12.6. The van der Waals surface area contributed by atoms with Crippen molar-refractivity contribution in [1.29, 1.82) is 0 Å². The van der Waals surface area contributed by atoms with E-state index in [2.05, 4.69) is 19.2 Å². The Bertz CT molecular complexity index is 427. The highest BCUT2D eigenvalue weighted by atomic mass is 16.5. The first kappa shape index (κ1) is 15.5. The quantitative estimate of drug-likeness (QED) is 0.855. The van der Waals surface area contributed by atoms with E-state index in [0.29, 0.717) is 18.9 Å². The molecule has 1 atom stereocenters. The number of aryl methyl sites for hydroxylation is 2. The summed E-state index contributed by atoms with van der Waals surface area (Å²) < 4.78 is 5.86. The fraction of sp³-hybridized carbons (Fsp3) is 0.562. The second-order valence-corrected chi connectivity index (χ2v) is 5.42. The van der Waals surface area contributed by atoms with E-state index in [0.717, 1.165) is 16.9 Å². The first-order chi connectivity index (χ1) is 8.93. The lowest BCUT2D eigenvalue weighted by molar-refractivity contribution is -0.128. The molecule has 0 radical (unpaired) electrons. The molecule has 3 heteroatoms. The van der Waals surface area contributed by atoms with Gasteiger partial charge in [0.15, 0.2) is 6.10 Å². The molecule has 3 nitrogen and oxygen atoms in total. The third-order valence-electron chi connectivity index (χ3n) is 2.96. The van der Waals surface area contributed by atoms with Crippen molar-refractivity contribution in [3.8, 4) is 5.75 Å². The number of hydrogen-bond acceptors (Lipinski definition) is 2. The van der Waals surface area contributed by atoms with Gasteiger partial charge in [0.05, 0.1) is 0 Å². The summed E-state index contributed by atoms with van der Waals surface area (Å²) in [4.78, 5) is 12.0. The number of nitrogens with one attached hydrogen (secondary N) is 1. The third-order valence-corrected chi connectivity index (χ3v) is 2.96. The number of amides is 1. The van der Waals surface area contributed by atoms with Crippen LogP contribution in [0.25, 0.3) is 0 Å². The van der Waals surface area contributed by atoms with Crippen molar-refractivity contribution in [2.45, 2.75) is 47.1 Å². The van der Waals surface area contributed by atoms with Crippen LogP contribution in [0.5, 0.6) is 5.75 Å². The molecular weight excluding hydrogens is 238 g/mol. The molecule has 0 saturated heterocycles. The molecule has 1 N–H and O–H groups in total. The Morgan fingerprint density at radius 3 is 2.58 bits per heavy atom. The molecule has 19 heavy (non-hydrogen) atoms. The number of rotatable bonds is 6. The van der Waals surface area contributed by atoms with E-state index in [1.54, 1.807) is 0 Å². The Balaban J connectivity index is 2.70. The normalized spacial score (nSPS) is 12.3. The van der Waals surface area contributed by atoms with Gasteiger partial charge in [-0.15, -0.1) is 0 Å². The zero-order chi connectivity index (χ0) is 14.4. The zero-order valence-corrected chi connectivity index (χ0v) is 12.6. The first-order valence-electron chi connectivity index (χ1n) is 6.95. The van der Waals surface area contributed by atoms with Gasteiger partial charge in [0.1, 0.15) is 5.75 Å². The summed E-state index contributed by atoms with van der Waals surface area (Å²) in [6.07, 6.45) is 0.247. The summed E-state index contributed by atoms with van der Waals surface area (Å²) in [5.74, 6) is 1.21. The molecule has 1 aromatic rings. The Kier molecular flexibility index (Phi) is 5.87. The number of benzene rings is 1. The van der Waals surface area contributed by atoms with Crippen LogP contribution < -0.4 is 10.1 Å². The highest BCUT2D eigenvalue weighted by Gasteiger charge is 2.19. The van der Waals surface area contributed by atoms with Gasteiger partial charge in [-0.2, -0.15) is 0 Å². The molecule has 0 aliphatic heterocycles. The second kappa shape index (κ2) is 7.17. The summed E-state index contributed by atoms with van der Waals surface area (Å²) in [5.41, 5.74) is 2.19. The minimum absolute atomic E-state index is 0.0305. The predicted molar refractivity (Wildman–Crippen MR) is 78.5 cm³/mol. The molecule has 0 fully saturated rings. The minimum Gasteiger partial charge on any atom is -0.480 e. The van der Waals surface area contributed by atoms with Gasteiger partial charge in [-0.25, -0.2) is 0 Å². The lowest BCUT2D eigenvalue weighted by Gasteiger charge is -2.19. The fourth-order valence-electron chi connectivity index (χ4n) is 1.73. The van der Waals surface area contributed by atoms with Crippen molar-refractivity contribution in [3.63, 3.8) is 0 Å². The third kappa shape index (κ3) is 4.93. The fourth-order valence-corrected chi connectivity index (χ4v) is 1.73. The molecular formula is C16H25NO2. The summed E-state index contributed by atoms with van der Waals surface area (Å²) in [6, 6.07) is 6.04. The molecule has 1 rings (SSSR count). The van der Waals surface area contributed by atoms with E-state index < -0.39 is 6.10 Å². The molecule has 0 heterocycles. The molecule has 106 valence electrons. The molecule has 0 aliphatic rings. The molecule has 0 unspecified atom stereocenters. The maximum Gasteiger partial charge on any atom is 0.261 e. The predicted octanol–water partition coefficient (Wildman–Crippen LogP) is 3.23. The van der Waals surface area contributed by atoms with Crippen LogP contribution in [-0.2, 0) is 4.79 Å². The minimum atomic E-state index is -0.417. The molecule has 0 aliphatic carbocycles. The van der Waals surface area contributed by atoms with E-state index in [9.17, 15) is 4.79 Å². The van der Waals surface area contributed by atoms with Crippen molar-refractivity contribution in [2.75, 3.05) is 6.54 Å². The number of carbonyl (C=O) groups excluding carboxylic acids is 1. The van der Waals surface area contributed by atoms with E-state index in [1.165, 1.54) is 0 Å². The summed E-state index contributed by atoms with van der Waals surface area (Å²) in [7, 11) is 0. The lowest BCUT2D eigenvalue weighted by Crippen LogP contribution is -2.39. The Morgan fingerprint density at radius 1 is 1.32 bits per heavy atom. The monoisotopic (exact) mass is 263 g/mol. The van der Waals surface area contributed by atoms with Gasteiger partial charge in [-0.3, -0.25) is 4.79 Å². The van der Waals surface area contributed by atoms with E-state index in [1.807, 2.05) is 39.0 Å². The summed E-state index contributed by atoms with van der Waals surface area (Å²) in [5, 5.41) is 2.92. The van der Waals surface area contributed by atoms with E-state index in [4.69, 9.17) is 4.74 Å². The number of carbonyl (C=O) groups is 1. The highest BCUT2D eigenvalue weighted by Crippen LogP contribution is 2.21. The Labute approximate surface area is 116 Å². The average molecular weight is 263 g/mol. The lowest BCUT2D eigenvalue weighted by atomic mass is 10.1. The van der Waals surface area contributed by atoms with Crippen LogP contribution >= 0.6 is 0 Å². The maximum atomic E-state index is 12.0. The standard InChI is InChI=1S/C16H25NO2/c1-6-14(16(18)17-10-11(2)3)19-15-9-12(4)7-8-13(15)5/h7-9,11,14H,6,10H2,1-5H3,(H,17,18)/t14-/m1/s1.